The lowest BCUT2D eigenvalue weighted by Crippen LogP contribution is -2.42. The van der Waals surface area contributed by atoms with Crippen LogP contribution in [0.4, 0.5) is 23.7 Å². The molecule has 0 unspecified atom stereocenters. The highest BCUT2D eigenvalue weighted by atomic mass is 19.4. The summed E-state index contributed by atoms with van der Waals surface area (Å²) in [6, 6.07) is 4.63. The second-order valence-electron chi connectivity index (χ2n) is 4.91. The minimum Gasteiger partial charge on any atom is -0.406 e. The number of anilines is 1. The van der Waals surface area contributed by atoms with Crippen molar-refractivity contribution in [2.45, 2.75) is 6.36 Å². The molecule has 1 aromatic rings. The van der Waals surface area contributed by atoms with E-state index in [2.05, 4.69) is 20.3 Å². The van der Waals surface area contributed by atoms with Gasteiger partial charge in [-0.1, -0.05) is 6.07 Å². The van der Waals surface area contributed by atoms with Crippen molar-refractivity contribution in [2.75, 3.05) is 44.7 Å². The molecule has 9 heteroatoms. The largest absolute Gasteiger partial charge is 0.573 e. The summed E-state index contributed by atoms with van der Waals surface area (Å²) in [5.74, 6) is -0.386. The molecular formula is C14H18F3N3O3. The van der Waals surface area contributed by atoms with Gasteiger partial charge in [0.05, 0.1) is 13.2 Å². The van der Waals surface area contributed by atoms with E-state index in [4.69, 9.17) is 4.74 Å². The van der Waals surface area contributed by atoms with Crippen LogP contribution in [0.5, 0.6) is 5.75 Å². The molecule has 0 spiro atoms. The van der Waals surface area contributed by atoms with Crippen LogP contribution in [0, 0.1) is 0 Å². The molecule has 1 heterocycles. The smallest absolute Gasteiger partial charge is 0.406 e. The van der Waals surface area contributed by atoms with Crippen molar-refractivity contribution in [2.24, 2.45) is 0 Å². The predicted molar refractivity (Wildman–Crippen MR) is 77.4 cm³/mol. The van der Waals surface area contributed by atoms with Crippen LogP contribution in [-0.4, -0.2) is 56.7 Å². The molecule has 2 N–H and O–H groups in total. The van der Waals surface area contributed by atoms with Crippen LogP contribution in [0.3, 0.4) is 0 Å². The van der Waals surface area contributed by atoms with Crippen LogP contribution in [0.2, 0.25) is 0 Å². The lowest BCUT2D eigenvalue weighted by molar-refractivity contribution is -0.274. The van der Waals surface area contributed by atoms with E-state index in [0.717, 1.165) is 25.2 Å². The van der Waals surface area contributed by atoms with Crippen molar-refractivity contribution in [1.29, 1.82) is 0 Å². The Kier molecular flexibility index (Phi) is 6.05. The van der Waals surface area contributed by atoms with Gasteiger partial charge in [-0.2, -0.15) is 0 Å². The number of morpholine rings is 1. The van der Waals surface area contributed by atoms with Gasteiger partial charge in [-0.3, -0.25) is 4.90 Å². The Labute approximate surface area is 131 Å². The normalized spacial score (nSPS) is 16.0. The number of hydrogen-bond acceptors (Lipinski definition) is 4. The van der Waals surface area contributed by atoms with Crippen LogP contribution < -0.4 is 15.4 Å². The Morgan fingerprint density at radius 2 is 2.04 bits per heavy atom. The summed E-state index contributed by atoms with van der Waals surface area (Å²) in [4.78, 5) is 13.9. The third-order valence-corrected chi connectivity index (χ3v) is 3.14. The van der Waals surface area contributed by atoms with Gasteiger partial charge in [0.1, 0.15) is 5.75 Å². The summed E-state index contributed by atoms with van der Waals surface area (Å²) >= 11 is 0. The van der Waals surface area contributed by atoms with Crippen LogP contribution in [0.1, 0.15) is 0 Å². The standard InChI is InChI=1S/C14H18F3N3O3/c15-14(16,17)23-12-3-1-2-11(10-12)19-13(21)18-4-5-20-6-8-22-9-7-20/h1-3,10H,4-9H2,(H2,18,19,21). The van der Waals surface area contributed by atoms with Gasteiger partial charge in [0.2, 0.25) is 0 Å². The van der Waals surface area contributed by atoms with Crippen molar-refractivity contribution in [3.05, 3.63) is 24.3 Å². The molecule has 2 rings (SSSR count). The minimum absolute atomic E-state index is 0.218. The number of hydrogen-bond donors (Lipinski definition) is 2. The van der Waals surface area contributed by atoms with E-state index >= 15 is 0 Å². The molecule has 0 aliphatic carbocycles. The molecule has 2 amide bonds. The monoisotopic (exact) mass is 333 g/mol. The molecule has 0 radical (unpaired) electrons. The third kappa shape index (κ3) is 6.74. The lowest BCUT2D eigenvalue weighted by Gasteiger charge is -2.26. The molecule has 0 atom stereocenters. The van der Waals surface area contributed by atoms with Gasteiger partial charge in [-0.25, -0.2) is 4.79 Å². The zero-order chi connectivity index (χ0) is 16.7. The fraction of sp³-hybridized carbons (Fsp3) is 0.500. The van der Waals surface area contributed by atoms with Gasteiger partial charge in [0.25, 0.3) is 0 Å². The second-order valence-corrected chi connectivity index (χ2v) is 4.91. The molecule has 6 nitrogen and oxygen atoms in total. The number of benzene rings is 1. The molecule has 0 aromatic heterocycles. The molecule has 0 saturated carbocycles. The van der Waals surface area contributed by atoms with Gasteiger partial charge >= 0.3 is 12.4 Å². The van der Waals surface area contributed by atoms with Gasteiger partial charge < -0.3 is 20.1 Å². The summed E-state index contributed by atoms with van der Waals surface area (Å²) in [6.07, 6.45) is -4.76. The van der Waals surface area contributed by atoms with Gasteiger partial charge in [0, 0.05) is 37.9 Å². The fourth-order valence-electron chi connectivity index (χ4n) is 2.10. The zero-order valence-electron chi connectivity index (χ0n) is 12.4. The van der Waals surface area contributed by atoms with Gasteiger partial charge in [0.15, 0.2) is 0 Å². The van der Waals surface area contributed by atoms with E-state index in [9.17, 15) is 18.0 Å². The third-order valence-electron chi connectivity index (χ3n) is 3.14. The van der Waals surface area contributed by atoms with Crippen molar-refractivity contribution in [1.82, 2.24) is 10.2 Å². The van der Waals surface area contributed by atoms with E-state index in [-0.39, 0.29) is 11.4 Å². The Morgan fingerprint density at radius 1 is 1.30 bits per heavy atom. The molecule has 23 heavy (non-hydrogen) atoms. The number of carbonyl (C=O) groups excluding carboxylic acids is 1. The molecule has 0 bridgehead atoms. The Hall–Kier alpha value is -2.00. The topological polar surface area (TPSA) is 62.8 Å². The van der Waals surface area contributed by atoms with E-state index in [0.29, 0.717) is 26.3 Å². The highest BCUT2D eigenvalue weighted by molar-refractivity contribution is 5.89. The number of rotatable bonds is 5. The van der Waals surface area contributed by atoms with Crippen molar-refractivity contribution >= 4 is 11.7 Å². The summed E-state index contributed by atoms with van der Waals surface area (Å²) in [7, 11) is 0. The summed E-state index contributed by atoms with van der Waals surface area (Å²) in [6.45, 7) is 4.12. The van der Waals surface area contributed by atoms with Crippen LogP contribution in [0.15, 0.2) is 24.3 Å². The van der Waals surface area contributed by atoms with Gasteiger partial charge in [-0.15, -0.1) is 13.2 Å². The summed E-state index contributed by atoms with van der Waals surface area (Å²) < 4.78 is 45.4. The number of nitrogens with one attached hydrogen (secondary N) is 2. The number of carbonyl (C=O) groups is 1. The number of nitrogens with zero attached hydrogens (tertiary/aromatic N) is 1. The maximum absolute atomic E-state index is 12.1. The zero-order valence-corrected chi connectivity index (χ0v) is 12.4. The predicted octanol–water partition coefficient (Wildman–Crippen LogP) is 2.04. The Balaban J connectivity index is 1.75. The lowest BCUT2D eigenvalue weighted by atomic mass is 10.3. The first-order chi connectivity index (χ1) is 10.9. The molecule has 1 fully saturated rings. The molecule has 1 aliphatic heterocycles. The quantitative estimate of drug-likeness (QED) is 0.866. The average molecular weight is 333 g/mol. The van der Waals surface area contributed by atoms with E-state index in [1.807, 2.05) is 0 Å². The van der Waals surface area contributed by atoms with Crippen LogP contribution in [-0.2, 0) is 4.74 Å². The Bertz CT molecular complexity index is 519. The molecule has 128 valence electrons. The van der Waals surface area contributed by atoms with E-state index < -0.39 is 12.4 Å². The van der Waals surface area contributed by atoms with E-state index in [1.165, 1.54) is 12.1 Å². The molecular weight excluding hydrogens is 315 g/mol. The average Bonchev–Trinajstić information content (AvgIpc) is 2.47. The van der Waals surface area contributed by atoms with Crippen molar-refractivity contribution < 1.29 is 27.4 Å². The van der Waals surface area contributed by atoms with Crippen molar-refractivity contribution in [3.63, 3.8) is 0 Å². The highest BCUT2D eigenvalue weighted by Crippen LogP contribution is 2.24. The first-order valence-corrected chi connectivity index (χ1v) is 7.13. The Morgan fingerprint density at radius 3 is 2.74 bits per heavy atom. The number of amides is 2. The fourth-order valence-corrected chi connectivity index (χ4v) is 2.10. The maximum Gasteiger partial charge on any atom is 0.573 e. The molecule has 1 aliphatic rings. The first kappa shape index (κ1) is 17.4. The highest BCUT2D eigenvalue weighted by Gasteiger charge is 2.31. The van der Waals surface area contributed by atoms with Crippen LogP contribution in [0.25, 0.3) is 0 Å². The van der Waals surface area contributed by atoms with Crippen molar-refractivity contribution in [3.8, 4) is 5.75 Å². The van der Waals surface area contributed by atoms with Crippen LogP contribution >= 0.6 is 0 Å². The number of halogens is 3. The number of alkyl halides is 3. The SMILES string of the molecule is O=C(NCCN1CCOCC1)Nc1cccc(OC(F)(F)F)c1. The van der Waals surface area contributed by atoms with E-state index in [1.54, 1.807) is 0 Å². The summed E-state index contributed by atoms with van der Waals surface area (Å²) in [5.41, 5.74) is 0.218. The molecule has 1 saturated heterocycles. The minimum atomic E-state index is -4.76. The molecule has 1 aromatic carbocycles. The number of ether oxygens (including phenoxy) is 2. The first-order valence-electron chi connectivity index (χ1n) is 7.13. The van der Waals surface area contributed by atoms with Gasteiger partial charge in [-0.05, 0) is 12.1 Å². The summed E-state index contributed by atoms with van der Waals surface area (Å²) in [5, 5.41) is 5.12. The number of urea groups is 1. The maximum atomic E-state index is 12.1. The second kappa shape index (κ2) is 8.02.